The van der Waals surface area contributed by atoms with Crippen molar-refractivity contribution >= 4 is 41.4 Å². The van der Waals surface area contributed by atoms with Crippen LogP contribution in [0.15, 0.2) is 97.3 Å². The number of alkyl halides is 2. The number of nitrogens with one attached hydrogen (secondary N) is 1. The number of aromatic amines is 1. The Balaban J connectivity index is 0.000000213. The Hall–Kier alpha value is -7.78. The van der Waals surface area contributed by atoms with Crippen LogP contribution in [0.3, 0.4) is 0 Å². The Morgan fingerprint density at radius 3 is 1.65 bits per heavy atom. The molecule has 2 unspecified atom stereocenters. The number of hydrogen-bond acceptors (Lipinski definition) is 13. The smallest absolute Gasteiger partial charge is 0.163 e. The van der Waals surface area contributed by atoms with Gasteiger partial charge in [0.1, 0.15) is 79.0 Å². The lowest BCUT2D eigenvalue weighted by molar-refractivity contribution is 0.0395. The topological polar surface area (TPSA) is 186 Å². The first-order chi connectivity index (χ1) is 41.7. The summed E-state index contributed by atoms with van der Waals surface area (Å²) in [5, 5.41) is 24.8. The molecule has 88 heavy (non-hydrogen) atoms. The van der Waals surface area contributed by atoms with Crippen molar-refractivity contribution in [3.8, 4) is 57.0 Å². The lowest BCUT2D eigenvalue weighted by Gasteiger charge is -2.25. The van der Waals surface area contributed by atoms with Gasteiger partial charge in [0.15, 0.2) is 34.6 Å². The number of aromatic nitrogens is 4. The van der Waals surface area contributed by atoms with Crippen molar-refractivity contribution in [1.82, 2.24) is 19.5 Å². The van der Waals surface area contributed by atoms with Crippen LogP contribution in [-0.2, 0) is 33.5 Å². The predicted octanol–water partition coefficient (Wildman–Crippen LogP) is 14.3. The maximum absolute atomic E-state index is 15.4. The van der Waals surface area contributed by atoms with Gasteiger partial charge >= 0.3 is 0 Å². The number of nitrogens with zero attached hydrogens (tertiary/aromatic N) is 3. The van der Waals surface area contributed by atoms with Crippen LogP contribution < -0.4 is 28.4 Å². The lowest BCUT2D eigenvalue weighted by Crippen LogP contribution is -2.25. The Bertz CT molecular complexity index is 3870. The van der Waals surface area contributed by atoms with Gasteiger partial charge in [-0.15, -0.1) is 0 Å². The summed E-state index contributed by atoms with van der Waals surface area (Å²) < 4.78 is 96.3. The van der Waals surface area contributed by atoms with Crippen molar-refractivity contribution in [3.05, 3.63) is 143 Å². The number of hydrogen-bond donors (Lipinski definition) is 3. The van der Waals surface area contributed by atoms with Gasteiger partial charge in [0.2, 0.25) is 0 Å². The Morgan fingerprint density at radius 2 is 1.16 bits per heavy atom. The van der Waals surface area contributed by atoms with Crippen LogP contribution in [0.4, 0.5) is 17.6 Å². The zero-order valence-electron chi connectivity index (χ0n) is 51.9. The van der Waals surface area contributed by atoms with Crippen LogP contribution in [0, 0.1) is 11.6 Å². The van der Waals surface area contributed by atoms with E-state index in [-0.39, 0.29) is 79.7 Å². The van der Waals surface area contributed by atoms with Crippen molar-refractivity contribution in [3.63, 3.8) is 0 Å². The standard InChI is InChI=1S/C37H46F2N2O6Si.C31H32F2N2O5/c1-36(2)22-47-35-27(36)20-32(37(3,43)14-13-29(42)24-11-12-30(46-16-15-38)31(19-24)44-4)40-33(35)26-21-41(23-45-17-18-48(5,6)7)34-25(26)9-8-10-28(34)39;1-30(2)17-40-29-21(30)15-26(35-28(29)20-16-34-27-19(20)6-5-7-22(27)33)31(3,37)11-10-23(36)18-8-9-24(39-13-12-32)25(14-18)38-4/h8-12,19-21,43H,13-18,22-23H2,1-7H3;5-9,14-16,34,37H,10-13,17H2,1-4H3. The molecule has 2 aliphatic heterocycles. The highest BCUT2D eigenvalue weighted by Crippen LogP contribution is 2.49. The van der Waals surface area contributed by atoms with Crippen molar-refractivity contribution in [1.29, 1.82) is 0 Å². The average molecular weight is 1230 g/mol. The molecule has 2 aliphatic rings. The third kappa shape index (κ3) is 13.9. The number of aliphatic hydroxyl groups is 2. The van der Waals surface area contributed by atoms with Gasteiger partial charge in [-0.05, 0) is 93.4 Å². The molecule has 20 heteroatoms. The fourth-order valence-electron chi connectivity index (χ4n) is 10.9. The normalized spacial score (nSPS) is 15.3. The molecule has 4 aromatic carbocycles. The molecule has 6 heterocycles. The van der Waals surface area contributed by atoms with Gasteiger partial charge in [0, 0.05) is 94.9 Å². The molecule has 0 aliphatic carbocycles. The second-order valence-electron chi connectivity index (χ2n) is 25.4. The van der Waals surface area contributed by atoms with Crippen molar-refractivity contribution in [2.75, 3.05) is 60.6 Å². The maximum atomic E-state index is 15.4. The Morgan fingerprint density at radius 1 is 0.670 bits per heavy atom. The third-order valence-corrected chi connectivity index (χ3v) is 17.9. The number of pyridine rings is 2. The fraction of sp³-hybridized carbons (Fsp3) is 0.412. The number of fused-ring (bicyclic) bond motifs is 4. The number of carbonyl (C=O) groups excluding carboxylic acids is 2. The van der Waals surface area contributed by atoms with E-state index in [0.29, 0.717) is 121 Å². The van der Waals surface area contributed by atoms with Gasteiger partial charge in [-0.25, -0.2) is 27.5 Å². The van der Waals surface area contributed by atoms with Crippen LogP contribution >= 0.6 is 0 Å². The van der Waals surface area contributed by atoms with E-state index in [1.54, 1.807) is 73.1 Å². The van der Waals surface area contributed by atoms with Gasteiger partial charge in [0.25, 0.3) is 0 Å². The molecular formula is C68H78F4N4O11Si. The van der Waals surface area contributed by atoms with E-state index in [1.165, 1.54) is 26.4 Å². The number of methoxy groups -OCH3 is 2. The van der Waals surface area contributed by atoms with Gasteiger partial charge in [-0.3, -0.25) is 9.59 Å². The molecule has 0 saturated carbocycles. The molecule has 0 fully saturated rings. The summed E-state index contributed by atoms with van der Waals surface area (Å²) in [7, 11) is 1.59. The molecule has 15 nitrogen and oxygen atoms in total. The molecule has 0 saturated heterocycles. The van der Waals surface area contributed by atoms with Crippen LogP contribution in [0.5, 0.6) is 34.5 Å². The van der Waals surface area contributed by atoms with E-state index in [0.717, 1.165) is 17.2 Å². The summed E-state index contributed by atoms with van der Waals surface area (Å²) in [6.45, 7) is 18.5. The first kappa shape index (κ1) is 64.7. The van der Waals surface area contributed by atoms with Crippen LogP contribution in [0.2, 0.25) is 25.7 Å². The minimum atomic E-state index is -1.49. The van der Waals surface area contributed by atoms with Gasteiger partial charge in [0.05, 0.1) is 49.9 Å². The van der Waals surface area contributed by atoms with Crippen LogP contribution in [-0.4, -0.2) is 110 Å². The number of H-pyrrole nitrogens is 1. The highest BCUT2D eigenvalue weighted by molar-refractivity contribution is 6.76. The number of carbonyl (C=O) groups is 2. The molecule has 10 rings (SSSR count). The predicted molar refractivity (Wildman–Crippen MR) is 333 cm³/mol. The average Bonchev–Trinajstić information content (AvgIpc) is 2.00. The number of ether oxygens (including phenoxy) is 7. The molecule has 8 aromatic rings. The molecule has 0 bridgehead atoms. The number of halogens is 4. The third-order valence-electron chi connectivity index (χ3n) is 16.2. The van der Waals surface area contributed by atoms with Crippen molar-refractivity contribution in [2.24, 2.45) is 0 Å². The lowest BCUT2D eigenvalue weighted by atomic mass is 9.83. The van der Waals surface area contributed by atoms with Crippen LogP contribution in [0.25, 0.3) is 44.3 Å². The van der Waals surface area contributed by atoms with Gasteiger partial charge in [-0.1, -0.05) is 71.6 Å². The summed E-state index contributed by atoms with van der Waals surface area (Å²) >= 11 is 0. The summed E-state index contributed by atoms with van der Waals surface area (Å²) in [6, 6.07) is 23.9. The number of para-hydroxylation sites is 2. The van der Waals surface area contributed by atoms with E-state index in [4.69, 9.17) is 43.1 Å². The summed E-state index contributed by atoms with van der Waals surface area (Å²) in [5.41, 5.74) is 2.79. The number of rotatable bonds is 25. The van der Waals surface area contributed by atoms with E-state index >= 15 is 4.39 Å². The minimum Gasteiger partial charge on any atom is -0.493 e. The van der Waals surface area contributed by atoms with Crippen molar-refractivity contribution < 1.29 is 70.5 Å². The second kappa shape index (κ2) is 26.1. The van der Waals surface area contributed by atoms with E-state index in [2.05, 4.69) is 38.5 Å². The number of Topliss-reactive ketones (excluding diaryl/α,β-unsaturated/α-hetero) is 2. The summed E-state index contributed by atoms with van der Waals surface area (Å²) in [6.07, 6.45) is 3.78. The first-order valence-electron chi connectivity index (χ1n) is 29.4. The van der Waals surface area contributed by atoms with Gasteiger partial charge in [-0.2, -0.15) is 0 Å². The molecule has 0 radical (unpaired) electrons. The Kier molecular flexibility index (Phi) is 19.2. The molecule has 0 amide bonds. The van der Waals surface area contributed by atoms with E-state index in [1.807, 2.05) is 44.3 Å². The second-order valence-corrected chi connectivity index (χ2v) is 31.0. The fourth-order valence-corrected chi connectivity index (χ4v) is 11.6. The minimum absolute atomic E-state index is 0.0219. The molecule has 3 N–H and O–H groups in total. The molecule has 468 valence electrons. The van der Waals surface area contributed by atoms with Crippen LogP contribution in [0.1, 0.15) is 110 Å². The molecule has 0 spiro atoms. The highest BCUT2D eigenvalue weighted by Gasteiger charge is 2.41. The maximum Gasteiger partial charge on any atom is 0.163 e. The zero-order valence-corrected chi connectivity index (χ0v) is 52.9. The molecule has 4 aromatic heterocycles. The monoisotopic (exact) mass is 1230 g/mol. The summed E-state index contributed by atoms with van der Waals surface area (Å²) in [4.78, 5) is 39.2. The van der Waals surface area contributed by atoms with E-state index < -0.39 is 32.6 Å². The number of ketones is 2. The SMILES string of the molecule is COc1cc(C(=O)CCC(C)(O)c2cc3c(c(-c4c[nH]c5c(F)cccc45)n2)OCC3(C)C)ccc1OCCF.COc1cc(C(=O)CCC(C)(O)c2cc3c(c(-c4cn(COCC[Si](C)(C)C)c5c(F)cccc45)n2)OCC3(C)C)ccc1OCCF. The largest absolute Gasteiger partial charge is 0.493 e. The number of benzene rings is 4. The summed E-state index contributed by atoms with van der Waals surface area (Å²) in [5.74, 6) is 1.40. The van der Waals surface area contributed by atoms with E-state index in [9.17, 15) is 33.0 Å². The Labute approximate surface area is 511 Å². The quantitative estimate of drug-likeness (QED) is 0.0213. The van der Waals surface area contributed by atoms with Gasteiger partial charge < -0.3 is 52.9 Å². The van der Waals surface area contributed by atoms with Crippen molar-refractivity contribution in [2.45, 2.75) is 122 Å². The first-order valence-corrected chi connectivity index (χ1v) is 33.2. The zero-order chi connectivity index (χ0) is 63.5. The molecule has 2 atom stereocenters. The molecular weight excluding hydrogens is 1150 g/mol. The highest BCUT2D eigenvalue weighted by atomic mass is 28.3.